The van der Waals surface area contributed by atoms with Gasteiger partial charge in [0.25, 0.3) is 0 Å². The number of aryl methyl sites for hydroxylation is 1. The summed E-state index contributed by atoms with van der Waals surface area (Å²) in [6.45, 7) is 3.87. The molecule has 2 rings (SSSR count). The average Bonchev–Trinajstić information content (AvgIpc) is 2.42. The average molecular weight is 249 g/mol. The predicted molar refractivity (Wildman–Crippen MR) is 65.0 cm³/mol. The molecule has 1 aromatic rings. The molecule has 1 aliphatic rings. The van der Waals surface area contributed by atoms with Crippen LogP contribution in [0.15, 0.2) is 18.2 Å². The molecule has 0 atom stereocenters. The number of ether oxygens (including phenoxy) is 2. The first-order valence-corrected chi connectivity index (χ1v) is 5.81. The lowest BCUT2D eigenvalue weighted by molar-refractivity contribution is 0.0414. The molecule has 0 aliphatic carbocycles. The number of aldehydes is 1. The summed E-state index contributed by atoms with van der Waals surface area (Å²) in [7, 11) is 0. The summed E-state index contributed by atoms with van der Waals surface area (Å²) in [5, 5.41) is 0. The van der Waals surface area contributed by atoms with Crippen LogP contribution in [0.5, 0.6) is 5.75 Å². The molecule has 5 nitrogen and oxygen atoms in total. The highest BCUT2D eigenvalue weighted by Crippen LogP contribution is 2.22. The first-order chi connectivity index (χ1) is 8.72. The quantitative estimate of drug-likeness (QED) is 0.748. The largest absolute Gasteiger partial charge is 0.415 e. The number of amides is 1. The number of nitrogens with zero attached hydrogens (tertiary/aromatic N) is 1. The number of benzene rings is 1. The number of carbonyl (C=O) groups is 2. The molecule has 0 spiro atoms. The van der Waals surface area contributed by atoms with Crippen LogP contribution in [-0.2, 0) is 4.74 Å². The molecule has 96 valence electrons. The molecule has 0 aromatic heterocycles. The van der Waals surface area contributed by atoms with E-state index in [1.807, 2.05) is 0 Å². The van der Waals surface area contributed by atoms with Gasteiger partial charge in [-0.15, -0.1) is 0 Å². The molecule has 18 heavy (non-hydrogen) atoms. The Labute approximate surface area is 105 Å². The third-order valence-electron chi connectivity index (χ3n) is 2.83. The highest BCUT2D eigenvalue weighted by atomic mass is 16.6. The molecule has 1 amide bonds. The summed E-state index contributed by atoms with van der Waals surface area (Å²) >= 11 is 0. The van der Waals surface area contributed by atoms with E-state index in [4.69, 9.17) is 9.47 Å². The van der Waals surface area contributed by atoms with Gasteiger partial charge in [-0.2, -0.15) is 0 Å². The molecule has 0 saturated carbocycles. The van der Waals surface area contributed by atoms with Crippen molar-refractivity contribution in [3.05, 3.63) is 29.3 Å². The molecule has 0 N–H and O–H groups in total. The standard InChI is InChI=1S/C13H15NO4/c1-10-3-2-4-11(9-15)12(10)18-13(16)14-5-7-17-8-6-14/h2-4,9H,5-8H2,1H3. The zero-order valence-electron chi connectivity index (χ0n) is 10.2. The first-order valence-electron chi connectivity index (χ1n) is 5.81. The molecule has 0 unspecified atom stereocenters. The Balaban J connectivity index is 2.13. The number of rotatable bonds is 2. The van der Waals surface area contributed by atoms with E-state index in [0.29, 0.717) is 43.9 Å². The van der Waals surface area contributed by atoms with Gasteiger partial charge < -0.3 is 14.4 Å². The van der Waals surface area contributed by atoms with E-state index in [1.165, 1.54) is 0 Å². The van der Waals surface area contributed by atoms with Crippen LogP contribution >= 0.6 is 0 Å². The van der Waals surface area contributed by atoms with Gasteiger partial charge in [-0.1, -0.05) is 12.1 Å². The molecule has 1 aliphatic heterocycles. The summed E-state index contributed by atoms with van der Waals surface area (Å²) in [5.74, 6) is 0.337. The molecular weight excluding hydrogens is 234 g/mol. The Morgan fingerprint density at radius 3 is 2.78 bits per heavy atom. The number of morpholine rings is 1. The molecule has 5 heteroatoms. The summed E-state index contributed by atoms with van der Waals surface area (Å²) in [5.41, 5.74) is 1.15. The fourth-order valence-electron chi connectivity index (χ4n) is 1.81. The fraction of sp³-hybridized carbons (Fsp3) is 0.385. The van der Waals surface area contributed by atoms with E-state index in [2.05, 4.69) is 0 Å². The Hall–Kier alpha value is -1.88. The van der Waals surface area contributed by atoms with Gasteiger partial charge in [-0.25, -0.2) is 4.79 Å². The maximum Gasteiger partial charge on any atom is 0.415 e. The second-order valence-corrected chi connectivity index (χ2v) is 4.08. The lowest BCUT2D eigenvalue weighted by atomic mass is 10.1. The van der Waals surface area contributed by atoms with Crippen LogP contribution in [0.4, 0.5) is 4.79 Å². The SMILES string of the molecule is Cc1cccc(C=O)c1OC(=O)N1CCOCC1. The van der Waals surface area contributed by atoms with Crippen molar-refractivity contribution in [2.45, 2.75) is 6.92 Å². The van der Waals surface area contributed by atoms with Crippen LogP contribution < -0.4 is 4.74 Å². The number of hydrogen-bond acceptors (Lipinski definition) is 4. The van der Waals surface area contributed by atoms with Gasteiger partial charge in [0.2, 0.25) is 0 Å². The van der Waals surface area contributed by atoms with Crippen molar-refractivity contribution >= 4 is 12.4 Å². The van der Waals surface area contributed by atoms with Crippen LogP contribution in [0, 0.1) is 6.92 Å². The van der Waals surface area contributed by atoms with Gasteiger partial charge in [0.15, 0.2) is 6.29 Å². The van der Waals surface area contributed by atoms with Crippen molar-refractivity contribution in [1.29, 1.82) is 0 Å². The van der Waals surface area contributed by atoms with E-state index in [1.54, 1.807) is 30.0 Å². The van der Waals surface area contributed by atoms with E-state index < -0.39 is 6.09 Å². The summed E-state index contributed by atoms with van der Waals surface area (Å²) in [6, 6.07) is 5.18. The molecule has 0 bridgehead atoms. The number of hydrogen-bond donors (Lipinski definition) is 0. The topological polar surface area (TPSA) is 55.8 Å². The molecule has 1 fully saturated rings. The van der Waals surface area contributed by atoms with Crippen molar-refractivity contribution in [3.8, 4) is 5.75 Å². The van der Waals surface area contributed by atoms with E-state index >= 15 is 0 Å². The lowest BCUT2D eigenvalue weighted by Gasteiger charge is -2.26. The van der Waals surface area contributed by atoms with Gasteiger partial charge in [-0.05, 0) is 18.6 Å². The van der Waals surface area contributed by atoms with Crippen molar-refractivity contribution in [3.63, 3.8) is 0 Å². The molecule has 1 saturated heterocycles. The predicted octanol–water partition coefficient (Wildman–Crippen LogP) is 1.64. The molecule has 0 radical (unpaired) electrons. The molecule has 1 heterocycles. The third-order valence-corrected chi connectivity index (χ3v) is 2.83. The van der Waals surface area contributed by atoms with Crippen molar-refractivity contribution < 1.29 is 19.1 Å². The highest BCUT2D eigenvalue weighted by molar-refractivity contribution is 5.83. The maximum absolute atomic E-state index is 11.9. The Kier molecular flexibility index (Phi) is 3.94. The van der Waals surface area contributed by atoms with E-state index in [9.17, 15) is 9.59 Å². The Morgan fingerprint density at radius 2 is 2.11 bits per heavy atom. The Morgan fingerprint density at radius 1 is 1.39 bits per heavy atom. The Bertz CT molecular complexity index is 452. The van der Waals surface area contributed by atoms with Crippen molar-refractivity contribution in [1.82, 2.24) is 4.90 Å². The summed E-state index contributed by atoms with van der Waals surface area (Å²) in [4.78, 5) is 24.4. The smallest absolute Gasteiger partial charge is 0.409 e. The molecule has 1 aromatic carbocycles. The summed E-state index contributed by atoms with van der Waals surface area (Å²) < 4.78 is 10.5. The van der Waals surface area contributed by atoms with Crippen LogP contribution in [0.25, 0.3) is 0 Å². The minimum absolute atomic E-state index is 0.337. The van der Waals surface area contributed by atoms with Crippen molar-refractivity contribution in [2.24, 2.45) is 0 Å². The zero-order valence-corrected chi connectivity index (χ0v) is 10.2. The minimum atomic E-state index is -0.435. The van der Waals surface area contributed by atoms with Gasteiger partial charge >= 0.3 is 6.09 Å². The van der Waals surface area contributed by atoms with Gasteiger partial charge in [-0.3, -0.25) is 4.79 Å². The second-order valence-electron chi connectivity index (χ2n) is 4.08. The fourth-order valence-corrected chi connectivity index (χ4v) is 1.81. The maximum atomic E-state index is 11.9. The second kappa shape index (κ2) is 5.64. The highest BCUT2D eigenvalue weighted by Gasteiger charge is 2.20. The van der Waals surface area contributed by atoms with Crippen LogP contribution in [0.2, 0.25) is 0 Å². The van der Waals surface area contributed by atoms with Gasteiger partial charge in [0.1, 0.15) is 5.75 Å². The first kappa shape index (κ1) is 12.6. The minimum Gasteiger partial charge on any atom is -0.409 e. The van der Waals surface area contributed by atoms with Crippen LogP contribution in [-0.4, -0.2) is 43.6 Å². The van der Waals surface area contributed by atoms with Crippen LogP contribution in [0.3, 0.4) is 0 Å². The van der Waals surface area contributed by atoms with E-state index in [0.717, 1.165) is 5.56 Å². The van der Waals surface area contributed by atoms with Gasteiger partial charge in [0.05, 0.1) is 18.8 Å². The number of carbonyl (C=O) groups excluding carboxylic acids is 2. The third kappa shape index (κ3) is 2.68. The van der Waals surface area contributed by atoms with Crippen molar-refractivity contribution in [2.75, 3.05) is 26.3 Å². The number of para-hydroxylation sites is 1. The lowest BCUT2D eigenvalue weighted by Crippen LogP contribution is -2.42. The van der Waals surface area contributed by atoms with Gasteiger partial charge in [0, 0.05) is 13.1 Å². The molecular formula is C13H15NO4. The van der Waals surface area contributed by atoms with E-state index in [-0.39, 0.29) is 0 Å². The zero-order chi connectivity index (χ0) is 13.0. The summed E-state index contributed by atoms with van der Waals surface area (Å²) in [6.07, 6.45) is 0.255. The van der Waals surface area contributed by atoms with Crippen LogP contribution in [0.1, 0.15) is 15.9 Å². The normalized spacial score (nSPS) is 15.3. The monoisotopic (exact) mass is 249 g/mol.